The maximum absolute atomic E-state index is 13.2. The van der Waals surface area contributed by atoms with Gasteiger partial charge in [-0.3, -0.25) is 19.5 Å². The largest absolute Gasteiger partial charge is 0.495 e. The topological polar surface area (TPSA) is 118 Å². The number of hydrogen-bond acceptors (Lipinski definition) is 10. The number of amides is 2. The van der Waals surface area contributed by atoms with Crippen LogP contribution in [0.4, 0.5) is 23.1 Å². The molecule has 0 bridgehead atoms. The summed E-state index contributed by atoms with van der Waals surface area (Å²) in [5, 5.41) is 8.27. The number of likely N-dealkylation sites (N-methyl/N-ethyl adjacent to an activating group) is 1. The molecule has 1 atom stereocenters. The van der Waals surface area contributed by atoms with Gasteiger partial charge >= 0.3 is 0 Å². The fourth-order valence-electron chi connectivity index (χ4n) is 6.95. The van der Waals surface area contributed by atoms with Crippen LogP contribution in [0.1, 0.15) is 62.2 Å². The summed E-state index contributed by atoms with van der Waals surface area (Å²) in [6.45, 7) is 8.02. The summed E-state index contributed by atoms with van der Waals surface area (Å²) in [6.07, 6.45) is 9.40. The molecule has 3 heterocycles. The van der Waals surface area contributed by atoms with Crippen molar-refractivity contribution in [3.63, 3.8) is 0 Å². The summed E-state index contributed by atoms with van der Waals surface area (Å²) in [5.74, 6) is 2.36. The minimum Gasteiger partial charge on any atom is -0.495 e. The molecular formula is C32H47N9O3. The Hall–Kier alpha value is -3.48. The molecule has 6 rings (SSSR count). The monoisotopic (exact) mass is 605 g/mol. The first-order valence-corrected chi connectivity index (χ1v) is 16.2. The first kappa shape index (κ1) is 30.5. The summed E-state index contributed by atoms with van der Waals surface area (Å²) in [5.41, 5.74) is 4.92. The van der Waals surface area contributed by atoms with Crippen LogP contribution in [-0.4, -0.2) is 104 Å². The summed E-state index contributed by atoms with van der Waals surface area (Å²) < 4.78 is 5.65. The van der Waals surface area contributed by atoms with Gasteiger partial charge in [-0.25, -0.2) is 10.4 Å². The molecule has 238 valence electrons. The lowest BCUT2D eigenvalue weighted by molar-refractivity contribution is -0.120. The van der Waals surface area contributed by atoms with Crippen molar-refractivity contribution in [2.45, 2.75) is 70.0 Å². The number of hydrazine groups is 1. The molecule has 1 aromatic carbocycles. The Morgan fingerprint density at radius 3 is 2.48 bits per heavy atom. The lowest BCUT2D eigenvalue weighted by Crippen LogP contribution is -2.56. The van der Waals surface area contributed by atoms with Crippen LogP contribution in [0.5, 0.6) is 5.75 Å². The third-order valence-corrected chi connectivity index (χ3v) is 9.77. The van der Waals surface area contributed by atoms with Crippen molar-refractivity contribution in [1.29, 1.82) is 0 Å². The van der Waals surface area contributed by atoms with Crippen LogP contribution < -0.4 is 30.7 Å². The highest BCUT2D eigenvalue weighted by Gasteiger charge is 2.37. The standard InChI is InChI=1S/C32H47N9O3/c1-5-26-31(43)38(3)27-19-34-32(37-29(27)41(26)33-2)36-25-13-8-22(18-28(25)44-4)30(42)35-23-9-11-24(12-10-23)40-16-14-39(15-17-40)20-21-6-7-21/h8,13,18-19,21,23-24,26,33H,5-7,9-12,14-17,20H2,1-4H3,(H,35,42)(H,34,36,37)/t23-,24-,26?. The molecule has 0 radical (unpaired) electrons. The van der Waals surface area contributed by atoms with Crippen LogP contribution >= 0.6 is 0 Å². The molecule has 12 nitrogen and oxygen atoms in total. The summed E-state index contributed by atoms with van der Waals surface area (Å²) in [4.78, 5) is 42.1. The molecule has 3 fully saturated rings. The number of nitrogens with zero attached hydrogens (tertiary/aromatic N) is 6. The van der Waals surface area contributed by atoms with Crippen molar-refractivity contribution in [3.05, 3.63) is 30.0 Å². The Morgan fingerprint density at radius 2 is 1.82 bits per heavy atom. The van der Waals surface area contributed by atoms with Gasteiger partial charge in [0.2, 0.25) is 5.95 Å². The van der Waals surface area contributed by atoms with Gasteiger partial charge in [-0.1, -0.05) is 6.92 Å². The van der Waals surface area contributed by atoms with E-state index >= 15 is 0 Å². The number of rotatable bonds is 10. The Balaban J connectivity index is 1.05. The maximum atomic E-state index is 13.2. The van der Waals surface area contributed by atoms with Crippen molar-refractivity contribution in [2.75, 3.05) is 69.2 Å². The summed E-state index contributed by atoms with van der Waals surface area (Å²) in [7, 11) is 5.10. The number of benzene rings is 1. The van der Waals surface area contributed by atoms with E-state index in [0.29, 0.717) is 46.9 Å². The second-order valence-corrected chi connectivity index (χ2v) is 12.6. The highest BCUT2D eigenvalue weighted by molar-refractivity contribution is 6.04. The third kappa shape index (κ3) is 6.47. The van der Waals surface area contributed by atoms with Gasteiger partial charge in [0.1, 0.15) is 17.5 Å². The van der Waals surface area contributed by atoms with E-state index in [9.17, 15) is 9.59 Å². The van der Waals surface area contributed by atoms with Crippen molar-refractivity contribution < 1.29 is 14.3 Å². The van der Waals surface area contributed by atoms with E-state index in [4.69, 9.17) is 9.72 Å². The van der Waals surface area contributed by atoms with Gasteiger partial charge in [0.05, 0.1) is 19.0 Å². The molecular weight excluding hydrogens is 558 g/mol. The van der Waals surface area contributed by atoms with Gasteiger partial charge in [-0.2, -0.15) is 4.98 Å². The lowest BCUT2D eigenvalue weighted by atomic mass is 9.89. The number of nitrogens with one attached hydrogen (secondary N) is 3. The predicted octanol–water partition coefficient (Wildman–Crippen LogP) is 2.99. The Labute approximate surface area is 260 Å². The molecule has 1 unspecified atom stereocenters. The number of aromatic nitrogens is 2. The molecule has 12 heteroatoms. The van der Waals surface area contributed by atoms with Crippen molar-refractivity contribution in [3.8, 4) is 5.75 Å². The predicted molar refractivity (Wildman–Crippen MR) is 172 cm³/mol. The summed E-state index contributed by atoms with van der Waals surface area (Å²) in [6, 6.07) is 5.82. The minimum absolute atomic E-state index is 0.0142. The molecule has 2 aromatic rings. The van der Waals surface area contributed by atoms with Gasteiger partial charge in [-0.15, -0.1) is 0 Å². The number of ether oxygens (including phenoxy) is 1. The van der Waals surface area contributed by atoms with E-state index in [-0.39, 0.29) is 23.9 Å². The number of carbonyl (C=O) groups is 2. The SMILES string of the molecule is CCC1C(=O)N(C)c2cnc(Nc3ccc(C(=O)N[C@H]4CC[C@H](N5CCN(CC6CC6)CC5)CC4)cc3OC)nc2N1NC. The average molecular weight is 606 g/mol. The van der Waals surface area contributed by atoms with E-state index in [1.165, 1.54) is 45.6 Å². The van der Waals surface area contributed by atoms with Gasteiger partial charge in [0, 0.05) is 64.5 Å². The third-order valence-electron chi connectivity index (χ3n) is 9.77. The van der Waals surface area contributed by atoms with Gasteiger partial charge in [-0.05, 0) is 69.1 Å². The maximum Gasteiger partial charge on any atom is 0.251 e. The number of methoxy groups -OCH3 is 1. The fourth-order valence-corrected chi connectivity index (χ4v) is 6.95. The Morgan fingerprint density at radius 1 is 1.07 bits per heavy atom. The molecule has 2 saturated carbocycles. The smallest absolute Gasteiger partial charge is 0.251 e. The van der Waals surface area contributed by atoms with Crippen LogP contribution in [-0.2, 0) is 4.79 Å². The van der Waals surface area contributed by atoms with Crippen molar-refractivity contribution in [2.24, 2.45) is 5.92 Å². The Kier molecular flexibility index (Phi) is 9.20. The number of fused-ring (bicyclic) bond motifs is 1. The molecule has 0 spiro atoms. The van der Waals surface area contributed by atoms with Crippen LogP contribution in [0, 0.1) is 5.92 Å². The van der Waals surface area contributed by atoms with Crippen molar-refractivity contribution >= 4 is 35.0 Å². The highest BCUT2D eigenvalue weighted by atomic mass is 16.5. The van der Waals surface area contributed by atoms with E-state index in [1.807, 2.05) is 13.0 Å². The number of anilines is 4. The van der Waals surface area contributed by atoms with E-state index in [2.05, 4.69) is 30.8 Å². The molecule has 4 aliphatic rings. The van der Waals surface area contributed by atoms with Gasteiger partial charge in [0.15, 0.2) is 5.82 Å². The van der Waals surface area contributed by atoms with Crippen LogP contribution in [0.15, 0.2) is 24.4 Å². The molecule has 2 aliphatic heterocycles. The lowest BCUT2D eigenvalue weighted by Gasteiger charge is -2.42. The molecule has 44 heavy (non-hydrogen) atoms. The van der Waals surface area contributed by atoms with E-state index < -0.39 is 0 Å². The zero-order valence-corrected chi connectivity index (χ0v) is 26.5. The zero-order chi connectivity index (χ0) is 30.8. The van der Waals surface area contributed by atoms with Crippen molar-refractivity contribution in [1.82, 2.24) is 30.5 Å². The van der Waals surface area contributed by atoms with Gasteiger partial charge < -0.3 is 25.2 Å². The average Bonchev–Trinajstić information content (AvgIpc) is 3.87. The molecule has 1 saturated heterocycles. The molecule has 2 amide bonds. The molecule has 2 aliphatic carbocycles. The second kappa shape index (κ2) is 13.3. The zero-order valence-electron chi connectivity index (χ0n) is 26.5. The first-order chi connectivity index (χ1) is 21.4. The molecule has 3 N–H and O–H groups in total. The Bertz CT molecular complexity index is 1340. The fraction of sp³-hybridized carbons (Fsp3) is 0.625. The summed E-state index contributed by atoms with van der Waals surface area (Å²) >= 11 is 0. The second-order valence-electron chi connectivity index (χ2n) is 12.6. The normalized spacial score (nSPS) is 24.6. The highest BCUT2D eigenvalue weighted by Crippen LogP contribution is 2.35. The van der Waals surface area contributed by atoms with E-state index in [1.54, 1.807) is 49.4 Å². The van der Waals surface area contributed by atoms with Crippen LogP contribution in [0.2, 0.25) is 0 Å². The van der Waals surface area contributed by atoms with E-state index in [0.717, 1.165) is 31.6 Å². The number of hydrogen-bond donors (Lipinski definition) is 3. The number of piperazine rings is 1. The number of carbonyl (C=O) groups excluding carboxylic acids is 2. The quantitative estimate of drug-likeness (QED) is 0.373. The van der Waals surface area contributed by atoms with Gasteiger partial charge in [0.25, 0.3) is 11.8 Å². The first-order valence-electron chi connectivity index (χ1n) is 16.2. The van der Waals surface area contributed by atoms with Crippen LogP contribution in [0.3, 0.4) is 0 Å². The molecule has 1 aromatic heterocycles. The minimum atomic E-state index is -0.366. The van der Waals surface area contributed by atoms with Crippen LogP contribution in [0.25, 0.3) is 0 Å².